The van der Waals surface area contributed by atoms with E-state index in [1.165, 1.54) is 22.7 Å². The molecule has 0 aliphatic heterocycles. The third kappa shape index (κ3) is 2.98. The van der Waals surface area contributed by atoms with Crippen LogP contribution < -0.4 is 4.43 Å². The van der Waals surface area contributed by atoms with Crippen molar-refractivity contribution in [2.45, 2.75) is 10.9 Å². The van der Waals surface area contributed by atoms with E-state index in [-0.39, 0.29) is 28.2 Å². The van der Waals surface area contributed by atoms with E-state index < -0.39 is 5.91 Å². The first-order valence-corrected chi connectivity index (χ1v) is 8.49. The lowest BCUT2D eigenvalue weighted by Crippen LogP contribution is -2.36. The molecular formula is C16H17N5O3S. The van der Waals surface area contributed by atoms with Crippen molar-refractivity contribution in [2.24, 2.45) is 7.05 Å². The summed E-state index contributed by atoms with van der Waals surface area (Å²) < 4.78 is 3.01. The normalized spacial score (nSPS) is 11.0. The molecule has 0 aliphatic carbocycles. The molecule has 0 saturated carbocycles. The van der Waals surface area contributed by atoms with Gasteiger partial charge in [-0.25, -0.2) is 4.98 Å². The van der Waals surface area contributed by atoms with Crippen LogP contribution in [0.1, 0.15) is 16.2 Å². The van der Waals surface area contributed by atoms with Crippen molar-refractivity contribution in [3.05, 3.63) is 58.2 Å². The maximum atomic E-state index is 12.8. The summed E-state index contributed by atoms with van der Waals surface area (Å²) in [6.07, 6.45) is 3.43. The molecule has 2 aromatic heterocycles. The van der Waals surface area contributed by atoms with Gasteiger partial charge in [0.1, 0.15) is 11.2 Å². The molecule has 3 aromatic rings. The average Bonchev–Trinajstić information content (AvgIpc) is 3.01. The Bertz CT molecular complexity index is 1010. The fraction of sp³-hybridized carbons (Fsp3) is 0.250. The minimum Gasteiger partial charge on any atom is -0.805 e. The number of thioether (sulfide) groups is 1. The Balaban J connectivity index is 2.19. The summed E-state index contributed by atoms with van der Waals surface area (Å²) in [6.45, 7) is 0. The van der Waals surface area contributed by atoms with Gasteiger partial charge in [-0.15, -0.1) is 0 Å². The maximum Gasteiger partial charge on any atom is 0.347 e. The number of fused-ring (bicyclic) bond motifs is 1. The molecule has 8 nitrogen and oxygen atoms in total. The molecule has 3 rings (SSSR count). The minimum absolute atomic E-state index is 0.111. The number of hydrogen-bond donors (Lipinski definition) is 0. The van der Waals surface area contributed by atoms with Gasteiger partial charge in [-0.05, 0) is 6.07 Å². The van der Waals surface area contributed by atoms with Crippen molar-refractivity contribution in [3.8, 4) is 0 Å². The number of hydrogen-bond acceptors (Lipinski definition) is 5. The first-order chi connectivity index (χ1) is 11.9. The molecule has 1 amide bonds. The van der Waals surface area contributed by atoms with E-state index >= 15 is 0 Å². The Morgan fingerprint density at radius 2 is 2.08 bits per heavy atom. The van der Waals surface area contributed by atoms with Gasteiger partial charge in [0.2, 0.25) is 0 Å². The van der Waals surface area contributed by atoms with Crippen molar-refractivity contribution in [2.75, 3.05) is 14.1 Å². The molecule has 0 unspecified atom stereocenters. The van der Waals surface area contributed by atoms with Gasteiger partial charge in [-0.3, -0.25) is 4.79 Å². The molecule has 25 heavy (non-hydrogen) atoms. The SMILES string of the molecule is CN(C)C(=O)c1c(CSc2nccn2C)n([O-])c2ccccc2[n+]1=O. The highest BCUT2D eigenvalue weighted by Gasteiger charge is 2.30. The maximum absolute atomic E-state index is 12.8. The van der Waals surface area contributed by atoms with E-state index in [0.29, 0.717) is 14.3 Å². The Morgan fingerprint density at radius 1 is 1.36 bits per heavy atom. The van der Waals surface area contributed by atoms with Gasteiger partial charge in [0, 0.05) is 50.3 Å². The molecule has 0 bridgehead atoms. The highest BCUT2D eigenvalue weighted by molar-refractivity contribution is 7.98. The van der Waals surface area contributed by atoms with Crippen LogP contribution in [-0.4, -0.2) is 39.2 Å². The fourth-order valence-electron chi connectivity index (χ4n) is 2.46. The van der Waals surface area contributed by atoms with Crippen LogP contribution in [-0.2, 0) is 12.8 Å². The van der Waals surface area contributed by atoms with Crippen LogP contribution in [0.15, 0.2) is 41.8 Å². The predicted octanol–water partition coefficient (Wildman–Crippen LogP) is 1.63. The zero-order valence-corrected chi connectivity index (χ0v) is 14.9. The van der Waals surface area contributed by atoms with E-state index in [9.17, 15) is 14.9 Å². The Hall–Kier alpha value is -2.81. The largest absolute Gasteiger partial charge is 0.805 e. The number of carbonyl (C=O) groups is 1. The summed E-state index contributed by atoms with van der Waals surface area (Å²) in [5, 5.41) is 13.5. The monoisotopic (exact) mass is 359 g/mol. The van der Waals surface area contributed by atoms with Crippen molar-refractivity contribution >= 4 is 28.7 Å². The molecule has 130 valence electrons. The first kappa shape index (κ1) is 17.0. The fourth-order valence-corrected chi connectivity index (χ4v) is 3.38. The summed E-state index contributed by atoms with van der Waals surface area (Å²) in [5.41, 5.74) is 0.331. The van der Waals surface area contributed by atoms with Crippen LogP contribution in [0.25, 0.3) is 11.0 Å². The summed E-state index contributed by atoms with van der Waals surface area (Å²) in [5.74, 6) is -0.364. The standard InChI is InChI=1S/C16H17N5O3S/c1-18(2)15(22)14-13(10-25-16-17-8-9-19(16)3)20(23)11-6-4-5-7-12(11)21(14)24/h4-9H,10H2,1-3H3. The predicted molar refractivity (Wildman–Crippen MR) is 94.9 cm³/mol. The van der Waals surface area contributed by atoms with Gasteiger partial charge in [0.25, 0.3) is 5.52 Å². The lowest BCUT2D eigenvalue weighted by Gasteiger charge is -2.19. The number of carbonyl (C=O) groups excluding carboxylic acids is 1. The number of amides is 1. The van der Waals surface area contributed by atoms with Gasteiger partial charge in [0.15, 0.2) is 5.16 Å². The second kappa shape index (κ2) is 6.60. The number of rotatable bonds is 4. The molecule has 0 N–H and O–H groups in total. The van der Waals surface area contributed by atoms with Crippen molar-refractivity contribution in [1.29, 1.82) is 0 Å². The van der Waals surface area contributed by atoms with Crippen LogP contribution in [0.5, 0.6) is 0 Å². The van der Waals surface area contributed by atoms with E-state index in [0.717, 1.165) is 0 Å². The lowest BCUT2D eigenvalue weighted by atomic mass is 10.2. The van der Waals surface area contributed by atoms with Gasteiger partial charge in [0.05, 0.1) is 4.43 Å². The third-order valence-corrected chi connectivity index (χ3v) is 4.83. The van der Waals surface area contributed by atoms with Gasteiger partial charge < -0.3 is 19.4 Å². The second-order valence-corrected chi connectivity index (χ2v) is 6.62. The van der Waals surface area contributed by atoms with Crippen LogP contribution in [0, 0.1) is 10.1 Å². The zero-order valence-electron chi connectivity index (χ0n) is 14.0. The first-order valence-electron chi connectivity index (χ1n) is 7.50. The highest BCUT2D eigenvalue weighted by Crippen LogP contribution is 2.24. The van der Waals surface area contributed by atoms with Crippen LogP contribution in [0.2, 0.25) is 0 Å². The van der Waals surface area contributed by atoms with Crippen LogP contribution in [0.4, 0.5) is 0 Å². The Morgan fingerprint density at radius 3 is 2.72 bits per heavy atom. The highest BCUT2D eigenvalue weighted by atomic mass is 32.2. The average molecular weight is 359 g/mol. The Kier molecular flexibility index (Phi) is 4.49. The van der Waals surface area contributed by atoms with Gasteiger partial charge in [-0.1, -0.05) is 23.9 Å². The van der Waals surface area contributed by atoms with E-state index in [1.807, 2.05) is 7.05 Å². The molecule has 9 heteroatoms. The third-order valence-electron chi connectivity index (χ3n) is 3.76. The molecule has 2 heterocycles. The molecular weight excluding hydrogens is 342 g/mol. The van der Waals surface area contributed by atoms with Crippen molar-refractivity contribution < 1.29 is 9.22 Å². The number of para-hydroxylation sites is 2. The molecule has 0 aliphatic rings. The van der Waals surface area contributed by atoms with Gasteiger partial charge >= 0.3 is 11.6 Å². The van der Waals surface area contributed by atoms with Crippen molar-refractivity contribution in [3.63, 3.8) is 0 Å². The Labute approximate surface area is 147 Å². The molecule has 0 atom stereocenters. The number of benzene rings is 1. The molecule has 1 aromatic carbocycles. The number of imidazole rings is 1. The molecule has 0 radical (unpaired) electrons. The van der Waals surface area contributed by atoms with Gasteiger partial charge in [-0.2, -0.15) is 0 Å². The zero-order chi connectivity index (χ0) is 18.1. The van der Waals surface area contributed by atoms with E-state index in [4.69, 9.17) is 0 Å². The van der Waals surface area contributed by atoms with Crippen LogP contribution >= 0.6 is 11.8 Å². The topological polar surface area (TPSA) is 89.1 Å². The summed E-state index contributed by atoms with van der Waals surface area (Å²) in [6, 6.07) is 6.43. The second-order valence-electron chi connectivity index (χ2n) is 5.68. The quantitative estimate of drug-likeness (QED) is 0.522. The smallest absolute Gasteiger partial charge is 0.347 e. The van der Waals surface area contributed by atoms with Crippen molar-refractivity contribution in [1.82, 2.24) is 19.2 Å². The van der Waals surface area contributed by atoms with E-state index in [2.05, 4.69) is 4.98 Å². The number of aryl methyl sites for hydroxylation is 1. The number of nitrogens with zero attached hydrogens (tertiary/aromatic N) is 5. The molecule has 0 spiro atoms. The summed E-state index contributed by atoms with van der Waals surface area (Å²) in [4.78, 5) is 30.8. The summed E-state index contributed by atoms with van der Waals surface area (Å²) >= 11 is 1.29. The minimum atomic E-state index is -0.513. The molecule has 0 saturated heterocycles. The summed E-state index contributed by atoms with van der Waals surface area (Å²) in [7, 11) is 4.92. The number of aromatic nitrogens is 4. The van der Waals surface area contributed by atoms with Crippen LogP contribution in [0.3, 0.4) is 0 Å². The van der Waals surface area contributed by atoms with E-state index in [1.54, 1.807) is 49.3 Å². The lowest BCUT2D eigenvalue weighted by molar-refractivity contribution is -0.468. The molecule has 0 fully saturated rings.